The minimum atomic E-state index is -4.14. The number of alkyl halides is 3. The molecule has 1 fully saturated rings. The predicted molar refractivity (Wildman–Crippen MR) is 99.6 cm³/mol. The molecule has 0 atom stereocenters. The van der Waals surface area contributed by atoms with Crippen LogP contribution in [-0.4, -0.2) is 69.5 Å². The number of ether oxygens (including phenoxy) is 1. The van der Waals surface area contributed by atoms with Crippen molar-refractivity contribution < 1.29 is 17.9 Å². The maximum Gasteiger partial charge on any atom is 0.401 e. The summed E-state index contributed by atoms with van der Waals surface area (Å²) in [6.07, 6.45) is 4.01. The van der Waals surface area contributed by atoms with E-state index >= 15 is 0 Å². The Labute approximate surface area is 155 Å². The van der Waals surface area contributed by atoms with E-state index in [0.29, 0.717) is 38.1 Å². The van der Waals surface area contributed by atoms with Crippen molar-refractivity contribution in [3.8, 4) is 0 Å². The van der Waals surface area contributed by atoms with Crippen LogP contribution in [0.25, 0.3) is 0 Å². The van der Waals surface area contributed by atoms with Gasteiger partial charge in [-0.1, -0.05) is 19.3 Å². The summed E-state index contributed by atoms with van der Waals surface area (Å²) in [5, 5.41) is 6.32. The molecule has 0 saturated heterocycles. The Morgan fingerprint density at radius 1 is 1.15 bits per heavy atom. The Hall–Kier alpha value is -1.02. The van der Waals surface area contributed by atoms with Gasteiger partial charge in [0.2, 0.25) is 0 Å². The van der Waals surface area contributed by atoms with Crippen LogP contribution in [0.15, 0.2) is 4.99 Å². The zero-order valence-electron chi connectivity index (χ0n) is 16.2. The minimum Gasteiger partial charge on any atom is -0.378 e. The molecule has 26 heavy (non-hydrogen) atoms. The van der Waals surface area contributed by atoms with E-state index in [1.165, 1.54) is 44.1 Å². The van der Waals surface area contributed by atoms with E-state index in [2.05, 4.69) is 15.6 Å². The number of halogens is 3. The first-order valence-corrected chi connectivity index (χ1v) is 9.80. The monoisotopic (exact) mass is 380 g/mol. The fraction of sp³-hybridized carbons (Fsp3) is 0.944. The fourth-order valence-electron chi connectivity index (χ4n) is 3.02. The lowest BCUT2D eigenvalue weighted by molar-refractivity contribution is -0.143. The van der Waals surface area contributed by atoms with Gasteiger partial charge in [0.15, 0.2) is 5.96 Å². The lowest BCUT2D eigenvalue weighted by Crippen LogP contribution is -2.39. The van der Waals surface area contributed by atoms with Gasteiger partial charge in [-0.2, -0.15) is 13.2 Å². The molecule has 0 amide bonds. The minimum absolute atomic E-state index is 0.390. The summed E-state index contributed by atoms with van der Waals surface area (Å²) in [7, 11) is 1.49. The maximum absolute atomic E-state index is 12.3. The molecule has 0 aromatic carbocycles. The van der Waals surface area contributed by atoms with Crippen LogP contribution in [0.2, 0.25) is 0 Å². The van der Waals surface area contributed by atoms with Crippen LogP contribution in [-0.2, 0) is 4.74 Å². The highest BCUT2D eigenvalue weighted by molar-refractivity contribution is 5.79. The van der Waals surface area contributed by atoms with Crippen LogP contribution in [0.3, 0.4) is 0 Å². The first kappa shape index (κ1) is 23.0. The van der Waals surface area contributed by atoms with Crippen molar-refractivity contribution in [2.24, 2.45) is 4.99 Å². The molecule has 0 spiro atoms. The molecule has 0 aromatic rings. The second kappa shape index (κ2) is 13.2. The second-order valence-corrected chi connectivity index (χ2v) is 6.88. The fourth-order valence-corrected chi connectivity index (χ4v) is 3.02. The smallest absolute Gasteiger partial charge is 0.378 e. The van der Waals surface area contributed by atoms with Gasteiger partial charge in [-0.05, 0) is 46.2 Å². The van der Waals surface area contributed by atoms with Gasteiger partial charge in [0.1, 0.15) is 0 Å². The lowest BCUT2D eigenvalue weighted by atomic mass is 9.98. The van der Waals surface area contributed by atoms with Crippen molar-refractivity contribution in [2.45, 2.75) is 64.1 Å². The first-order chi connectivity index (χ1) is 12.4. The largest absolute Gasteiger partial charge is 0.401 e. The molecule has 154 valence electrons. The van der Waals surface area contributed by atoms with Gasteiger partial charge < -0.3 is 15.4 Å². The summed E-state index contributed by atoms with van der Waals surface area (Å²) in [6, 6.07) is 0. The van der Waals surface area contributed by atoms with Crippen molar-refractivity contribution in [3.05, 3.63) is 0 Å². The highest BCUT2D eigenvalue weighted by Gasteiger charge is 2.28. The topological polar surface area (TPSA) is 48.9 Å². The Balaban J connectivity index is 2.13. The van der Waals surface area contributed by atoms with Crippen LogP contribution >= 0.6 is 0 Å². The van der Waals surface area contributed by atoms with Crippen molar-refractivity contribution >= 4 is 5.96 Å². The van der Waals surface area contributed by atoms with Crippen LogP contribution in [0.4, 0.5) is 13.2 Å². The summed E-state index contributed by atoms with van der Waals surface area (Å²) in [6.45, 7) is 4.25. The van der Waals surface area contributed by atoms with Crippen molar-refractivity contribution in [3.63, 3.8) is 0 Å². The van der Waals surface area contributed by atoms with Gasteiger partial charge in [-0.25, -0.2) is 0 Å². The number of hydrogen-bond acceptors (Lipinski definition) is 3. The molecule has 0 heterocycles. The predicted octanol–water partition coefficient (Wildman–Crippen LogP) is 3.17. The Bertz CT molecular complexity index is 385. The molecule has 1 rings (SSSR count). The zero-order chi connectivity index (χ0) is 19.3. The Morgan fingerprint density at radius 3 is 2.54 bits per heavy atom. The molecule has 8 heteroatoms. The molecule has 5 nitrogen and oxygen atoms in total. The zero-order valence-corrected chi connectivity index (χ0v) is 16.2. The van der Waals surface area contributed by atoms with Crippen LogP contribution in [0.5, 0.6) is 0 Å². The highest BCUT2D eigenvalue weighted by atomic mass is 19.4. The average molecular weight is 380 g/mol. The molecule has 1 aliphatic rings. The van der Waals surface area contributed by atoms with Crippen LogP contribution in [0, 0.1) is 0 Å². The molecule has 0 radical (unpaired) electrons. The van der Waals surface area contributed by atoms with Gasteiger partial charge in [-0.15, -0.1) is 0 Å². The van der Waals surface area contributed by atoms with E-state index in [9.17, 15) is 13.2 Å². The summed E-state index contributed by atoms with van der Waals surface area (Å²) < 4.78 is 42.7. The molecule has 2 N–H and O–H groups in total. The summed E-state index contributed by atoms with van der Waals surface area (Å²) in [5.41, 5.74) is 0. The van der Waals surface area contributed by atoms with Crippen molar-refractivity contribution in [1.29, 1.82) is 0 Å². The molecule has 1 aliphatic carbocycles. The molecule has 0 unspecified atom stereocenters. The molecule has 0 aromatic heterocycles. The van der Waals surface area contributed by atoms with Crippen LogP contribution in [0.1, 0.15) is 51.9 Å². The van der Waals surface area contributed by atoms with E-state index in [1.807, 2.05) is 6.92 Å². The van der Waals surface area contributed by atoms with E-state index in [1.54, 1.807) is 0 Å². The Kier molecular flexibility index (Phi) is 11.7. The number of hydrogen-bond donors (Lipinski definition) is 2. The molecule has 0 bridgehead atoms. The summed E-state index contributed by atoms with van der Waals surface area (Å²) in [5.74, 6) is 0.712. The third kappa shape index (κ3) is 12.4. The average Bonchev–Trinajstić information content (AvgIpc) is 2.57. The molecular formula is C18H35F3N4O. The van der Waals surface area contributed by atoms with Crippen LogP contribution < -0.4 is 10.6 Å². The van der Waals surface area contributed by atoms with Gasteiger partial charge in [0.25, 0.3) is 0 Å². The van der Waals surface area contributed by atoms with Gasteiger partial charge in [0, 0.05) is 26.2 Å². The lowest BCUT2D eigenvalue weighted by Gasteiger charge is -2.21. The normalized spacial score (nSPS) is 16.9. The third-order valence-corrected chi connectivity index (χ3v) is 4.28. The van der Waals surface area contributed by atoms with E-state index in [0.717, 1.165) is 19.6 Å². The van der Waals surface area contributed by atoms with E-state index in [-0.39, 0.29) is 0 Å². The standard InChI is InChI=1S/C18H35F3N4O/c1-3-22-17(23-11-7-13-25(2)15-18(19,20)21)24-12-8-14-26-16-9-5-4-6-10-16/h16H,3-15H2,1-2H3,(H2,22,23,24). The number of nitrogens with zero attached hydrogens (tertiary/aromatic N) is 2. The number of nitrogens with one attached hydrogen (secondary N) is 2. The quantitative estimate of drug-likeness (QED) is 0.328. The van der Waals surface area contributed by atoms with Gasteiger partial charge in [-0.3, -0.25) is 9.89 Å². The van der Waals surface area contributed by atoms with Crippen molar-refractivity contribution in [2.75, 3.05) is 46.4 Å². The summed E-state index contributed by atoms with van der Waals surface area (Å²) >= 11 is 0. The van der Waals surface area contributed by atoms with Gasteiger partial charge in [0.05, 0.1) is 12.6 Å². The number of guanidine groups is 1. The molecular weight excluding hydrogens is 345 g/mol. The maximum atomic E-state index is 12.3. The molecule has 1 saturated carbocycles. The summed E-state index contributed by atoms with van der Waals surface area (Å²) in [4.78, 5) is 5.78. The van der Waals surface area contributed by atoms with Crippen molar-refractivity contribution in [1.82, 2.24) is 15.5 Å². The van der Waals surface area contributed by atoms with E-state index < -0.39 is 12.7 Å². The first-order valence-electron chi connectivity index (χ1n) is 9.80. The number of aliphatic imine (C=N–C) groups is 1. The highest BCUT2D eigenvalue weighted by Crippen LogP contribution is 2.20. The molecule has 0 aliphatic heterocycles. The van der Waals surface area contributed by atoms with E-state index in [4.69, 9.17) is 4.74 Å². The SMILES string of the molecule is CCNC(=NCCCOC1CCCCC1)NCCCN(C)CC(F)(F)F. The third-order valence-electron chi connectivity index (χ3n) is 4.28. The second-order valence-electron chi connectivity index (χ2n) is 6.88. The van der Waals surface area contributed by atoms with Gasteiger partial charge >= 0.3 is 6.18 Å². The Morgan fingerprint density at radius 2 is 1.88 bits per heavy atom. The number of rotatable bonds is 11.